The van der Waals surface area contributed by atoms with Crippen molar-refractivity contribution in [1.29, 1.82) is 0 Å². The summed E-state index contributed by atoms with van der Waals surface area (Å²) in [7, 11) is 0. The monoisotopic (exact) mass is 387 g/mol. The molecule has 1 aromatic heterocycles. The maximum atomic E-state index is 13.3. The van der Waals surface area contributed by atoms with E-state index in [9.17, 15) is 4.39 Å². The molecule has 0 saturated heterocycles. The molecule has 0 spiro atoms. The second-order valence-corrected chi connectivity index (χ2v) is 6.13. The van der Waals surface area contributed by atoms with E-state index in [1.54, 1.807) is 18.2 Å². The first kappa shape index (κ1) is 18.8. The molecule has 0 amide bonds. The number of halogens is 2. The number of nitrogens with one attached hydrogen (secondary N) is 2. The van der Waals surface area contributed by atoms with Crippen molar-refractivity contribution in [2.24, 2.45) is 4.99 Å². The molecule has 8 heteroatoms. The number of aromatic nitrogens is 2. The Kier molecular flexibility index (Phi) is 6.38. The van der Waals surface area contributed by atoms with Crippen LogP contribution in [0.3, 0.4) is 0 Å². The van der Waals surface area contributed by atoms with Crippen molar-refractivity contribution in [2.45, 2.75) is 20.0 Å². The second kappa shape index (κ2) is 9.14. The number of hydrogen-bond acceptors (Lipinski definition) is 4. The topological polar surface area (TPSA) is 75.3 Å². The molecule has 140 valence electrons. The van der Waals surface area contributed by atoms with Gasteiger partial charge in [0.15, 0.2) is 5.96 Å². The first-order chi connectivity index (χ1) is 13.1. The van der Waals surface area contributed by atoms with E-state index < -0.39 is 0 Å². The Morgan fingerprint density at radius 2 is 2.00 bits per heavy atom. The van der Waals surface area contributed by atoms with E-state index in [2.05, 4.69) is 25.8 Å². The molecule has 0 unspecified atom stereocenters. The fourth-order valence-electron chi connectivity index (χ4n) is 2.35. The third-order valence-corrected chi connectivity index (χ3v) is 3.88. The highest BCUT2D eigenvalue weighted by molar-refractivity contribution is 6.30. The van der Waals surface area contributed by atoms with Crippen molar-refractivity contribution in [1.82, 2.24) is 20.8 Å². The number of benzene rings is 2. The Hall–Kier alpha value is -2.93. The molecule has 3 aromatic rings. The summed E-state index contributed by atoms with van der Waals surface area (Å²) in [6, 6.07) is 13.6. The van der Waals surface area contributed by atoms with Crippen LogP contribution in [0.25, 0.3) is 11.4 Å². The molecular formula is C19H19ClFN5O. The van der Waals surface area contributed by atoms with Gasteiger partial charge in [-0.15, -0.1) is 0 Å². The molecule has 0 aliphatic carbocycles. The van der Waals surface area contributed by atoms with E-state index in [4.69, 9.17) is 16.1 Å². The van der Waals surface area contributed by atoms with Crippen molar-refractivity contribution in [3.63, 3.8) is 0 Å². The van der Waals surface area contributed by atoms with E-state index in [1.165, 1.54) is 12.1 Å². The Bertz CT molecular complexity index is 910. The van der Waals surface area contributed by atoms with Crippen molar-refractivity contribution in [3.8, 4) is 11.4 Å². The molecule has 2 N–H and O–H groups in total. The average Bonchev–Trinajstić information content (AvgIpc) is 3.14. The van der Waals surface area contributed by atoms with E-state index in [0.717, 1.165) is 11.1 Å². The molecule has 0 aliphatic heterocycles. The number of nitrogens with zero attached hydrogens (tertiary/aromatic N) is 3. The van der Waals surface area contributed by atoms with Gasteiger partial charge in [0.1, 0.15) is 5.82 Å². The van der Waals surface area contributed by atoms with Crippen LogP contribution in [-0.4, -0.2) is 22.6 Å². The minimum Gasteiger partial charge on any atom is -0.357 e. The normalized spacial score (nSPS) is 11.4. The third kappa shape index (κ3) is 5.52. The second-order valence-electron chi connectivity index (χ2n) is 5.70. The Balaban J connectivity index is 1.62. The van der Waals surface area contributed by atoms with Crippen LogP contribution in [0.15, 0.2) is 58.0 Å². The average molecular weight is 388 g/mol. The molecular weight excluding hydrogens is 369 g/mol. The molecule has 3 rings (SSSR count). The molecule has 2 aromatic carbocycles. The van der Waals surface area contributed by atoms with Crippen LogP contribution in [0.4, 0.5) is 4.39 Å². The van der Waals surface area contributed by atoms with Crippen molar-refractivity contribution >= 4 is 17.6 Å². The summed E-state index contributed by atoms with van der Waals surface area (Å²) in [6.07, 6.45) is 0. The first-order valence-electron chi connectivity index (χ1n) is 8.49. The fourth-order valence-corrected chi connectivity index (χ4v) is 2.48. The van der Waals surface area contributed by atoms with Crippen LogP contribution in [-0.2, 0) is 13.1 Å². The highest BCUT2D eigenvalue weighted by atomic mass is 35.5. The van der Waals surface area contributed by atoms with Crippen LogP contribution in [0.2, 0.25) is 5.02 Å². The first-order valence-corrected chi connectivity index (χ1v) is 8.87. The van der Waals surface area contributed by atoms with Gasteiger partial charge in [-0.25, -0.2) is 9.38 Å². The Labute approximate surface area is 161 Å². The zero-order valence-corrected chi connectivity index (χ0v) is 15.5. The lowest BCUT2D eigenvalue weighted by Gasteiger charge is -2.09. The maximum Gasteiger partial charge on any atom is 0.246 e. The van der Waals surface area contributed by atoms with E-state index >= 15 is 0 Å². The van der Waals surface area contributed by atoms with Crippen LogP contribution < -0.4 is 10.6 Å². The van der Waals surface area contributed by atoms with Gasteiger partial charge in [-0.1, -0.05) is 28.9 Å². The SMILES string of the molecule is CCNC(=NCc1cccc(F)c1)NCc1nc(-c2ccc(Cl)cc2)no1. The van der Waals surface area contributed by atoms with Crippen molar-refractivity contribution in [3.05, 3.63) is 70.8 Å². The summed E-state index contributed by atoms with van der Waals surface area (Å²) < 4.78 is 18.5. The molecule has 27 heavy (non-hydrogen) atoms. The summed E-state index contributed by atoms with van der Waals surface area (Å²) in [6.45, 7) is 3.32. The van der Waals surface area contributed by atoms with Crippen molar-refractivity contribution < 1.29 is 8.91 Å². The van der Waals surface area contributed by atoms with Crippen LogP contribution in [0, 0.1) is 5.82 Å². The highest BCUT2D eigenvalue weighted by Gasteiger charge is 2.09. The van der Waals surface area contributed by atoms with Gasteiger partial charge in [0.05, 0.1) is 13.1 Å². The summed E-state index contributed by atoms with van der Waals surface area (Å²) in [5.74, 6) is 1.22. The van der Waals surface area contributed by atoms with E-state index in [1.807, 2.05) is 25.1 Å². The highest BCUT2D eigenvalue weighted by Crippen LogP contribution is 2.18. The van der Waals surface area contributed by atoms with Crippen molar-refractivity contribution in [2.75, 3.05) is 6.54 Å². The third-order valence-electron chi connectivity index (χ3n) is 3.63. The summed E-state index contributed by atoms with van der Waals surface area (Å²) in [5, 5.41) is 10.9. The Morgan fingerprint density at radius 1 is 1.19 bits per heavy atom. The quantitative estimate of drug-likeness (QED) is 0.497. The molecule has 0 aliphatic rings. The zero-order valence-electron chi connectivity index (χ0n) is 14.7. The lowest BCUT2D eigenvalue weighted by molar-refractivity contribution is 0.375. The lowest BCUT2D eigenvalue weighted by Crippen LogP contribution is -2.36. The van der Waals surface area contributed by atoms with Crippen LogP contribution in [0.1, 0.15) is 18.4 Å². The van der Waals surface area contributed by atoms with Gasteiger partial charge in [0, 0.05) is 17.1 Å². The van der Waals surface area contributed by atoms with Gasteiger partial charge >= 0.3 is 0 Å². The van der Waals surface area contributed by atoms with Gasteiger partial charge in [-0.05, 0) is 48.9 Å². The molecule has 0 saturated carbocycles. The van der Waals surface area contributed by atoms with Gasteiger partial charge in [0.25, 0.3) is 0 Å². The molecule has 1 heterocycles. The minimum absolute atomic E-state index is 0.277. The molecule has 6 nitrogen and oxygen atoms in total. The number of rotatable bonds is 6. The van der Waals surface area contributed by atoms with Crippen LogP contribution >= 0.6 is 11.6 Å². The smallest absolute Gasteiger partial charge is 0.246 e. The number of aliphatic imine (C=N–C) groups is 1. The van der Waals surface area contributed by atoms with Gasteiger partial charge < -0.3 is 15.2 Å². The standard InChI is InChI=1S/C19H19ClFN5O/c1-2-22-19(23-11-13-4-3-5-16(21)10-13)24-12-17-25-18(26-27-17)14-6-8-15(20)9-7-14/h3-10H,2,11-12H2,1H3,(H2,22,23,24). The van der Waals surface area contributed by atoms with Crippen LogP contribution in [0.5, 0.6) is 0 Å². The summed E-state index contributed by atoms with van der Waals surface area (Å²) in [5.41, 5.74) is 1.61. The summed E-state index contributed by atoms with van der Waals surface area (Å²) >= 11 is 5.89. The van der Waals surface area contributed by atoms with E-state index in [0.29, 0.717) is 42.3 Å². The predicted octanol–water partition coefficient (Wildman–Crippen LogP) is 3.78. The predicted molar refractivity (Wildman–Crippen MR) is 103 cm³/mol. The molecule has 0 bridgehead atoms. The minimum atomic E-state index is -0.277. The van der Waals surface area contributed by atoms with Gasteiger partial charge in [-0.3, -0.25) is 0 Å². The van der Waals surface area contributed by atoms with Gasteiger partial charge in [0.2, 0.25) is 11.7 Å². The maximum absolute atomic E-state index is 13.3. The molecule has 0 atom stereocenters. The van der Waals surface area contributed by atoms with Gasteiger partial charge in [-0.2, -0.15) is 4.98 Å². The lowest BCUT2D eigenvalue weighted by atomic mass is 10.2. The molecule has 0 fully saturated rings. The molecule has 0 radical (unpaired) electrons. The largest absolute Gasteiger partial charge is 0.357 e. The number of hydrogen-bond donors (Lipinski definition) is 2. The number of guanidine groups is 1. The summed E-state index contributed by atoms with van der Waals surface area (Å²) in [4.78, 5) is 8.79. The Morgan fingerprint density at radius 3 is 2.74 bits per heavy atom. The zero-order chi connectivity index (χ0) is 19.1. The van der Waals surface area contributed by atoms with E-state index in [-0.39, 0.29) is 5.82 Å². The fraction of sp³-hybridized carbons (Fsp3) is 0.211.